The third-order valence-corrected chi connectivity index (χ3v) is 4.35. The number of hydrogen-bond donors (Lipinski definition) is 1. The highest BCUT2D eigenvalue weighted by molar-refractivity contribution is 7.10. The minimum Gasteiger partial charge on any atom is -0.354 e. The molecule has 2 aromatic rings. The Hall–Kier alpha value is -1.62. The molecule has 1 amide bonds. The van der Waals surface area contributed by atoms with Crippen LogP contribution in [0.4, 0.5) is 0 Å². The predicted molar refractivity (Wildman–Crippen MR) is 75.0 cm³/mol. The zero-order valence-electron chi connectivity index (χ0n) is 10.7. The fourth-order valence-electron chi connectivity index (χ4n) is 2.14. The summed E-state index contributed by atoms with van der Waals surface area (Å²) in [6.07, 6.45) is 6.81. The molecule has 0 saturated heterocycles. The second-order valence-corrected chi connectivity index (χ2v) is 5.95. The summed E-state index contributed by atoms with van der Waals surface area (Å²) in [4.78, 5) is 13.0. The first-order chi connectivity index (χ1) is 9.33. The van der Waals surface area contributed by atoms with E-state index in [1.165, 1.54) is 17.7 Å². The molecule has 0 aromatic carbocycles. The van der Waals surface area contributed by atoms with Gasteiger partial charge in [0.2, 0.25) is 5.91 Å². The third-order valence-electron chi connectivity index (χ3n) is 3.38. The normalized spacial score (nSPS) is 16.2. The van der Waals surface area contributed by atoms with Crippen molar-refractivity contribution in [3.63, 3.8) is 0 Å². The molecule has 19 heavy (non-hydrogen) atoms. The number of nitrogens with zero attached hydrogens (tertiary/aromatic N) is 2. The largest absolute Gasteiger partial charge is 0.354 e. The Balaban J connectivity index is 1.64. The van der Waals surface area contributed by atoms with Crippen LogP contribution in [0.5, 0.6) is 0 Å². The Kier molecular flexibility index (Phi) is 3.64. The van der Waals surface area contributed by atoms with Gasteiger partial charge in [0.05, 0.1) is 0 Å². The molecule has 1 N–H and O–H groups in total. The van der Waals surface area contributed by atoms with Gasteiger partial charge in [-0.25, -0.2) is 0 Å². The van der Waals surface area contributed by atoms with E-state index in [0.717, 1.165) is 0 Å². The average Bonchev–Trinajstić information content (AvgIpc) is 2.89. The van der Waals surface area contributed by atoms with Gasteiger partial charge >= 0.3 is 0 Å². The van der Waals surface area contributed by atoms with Crippen molar-refractivity contribution < 1.29 is 4.79 Å². The predicted octanol–water partition coefficient (Wildman–Crippen LogP) is 2.45. The lowest BCUT2D eigenvalue weighted by Gasteiger charge is -2.17. The summed E-state index contributed by atoms with van der Waals surface area (Å²) in [5.41, 5.74) is 0. The molecule has 1 aliphatic carbocycles. The lowest BCUT2D eigenvalue weighted by atomic mass is 10.2. The summed E-state index contributed by atoms with van der Waals surface area (Å²) >= 11 is 1.70. The molecule has 1 saturated carbocycles. The third kappa shape index (κ3) is 3.23. The highest BCUT2D eigenvalue weighted by Crippen LogP contribution is 2.32. The molecular weight excluding hydrogens is 258 g/mol. The van der Waals surface area contributed by atoms with Crippen LogP contribution in [0.1, 0.15) is 30.2 Å². The number of carbonyl (C=O) groups excluding carboxylic acids is 1. The molecule has 1 aliphatic rings. The first-order valence-corrected chi connectivity index (χ1v) is 7.50. The lowest BCUT2D eigenvalue weighted by molar-refractivity contribution is -0.121. The Morgan fingerprint density at radius 3 is 3.05 bits per heavy atom. The first kappa shape index (κ1) is 12.4. The van der Waals surface area contributed by atoms with Crippen LogP contribution in [0, 0.1) is 5.92 Å². The average molecular weight is 275 g/mol. The number of rotatable bonds is 6. The molecule has 3 rings (SSSR count). The van der Waals surface area contributed by atoms with Crippen molar-refractivity contribution in [1.29, 1.82) is 0 Å². The van der Waals surface area contributed by atoms with Crippen LogP contribution in [0.15, 0.2) is 36.0 Å². The van der Waals surface area contributed by atoms with Crippen LogP contribution in [0.2, 0.25) is 0 Å². The molecule has 0 spiro atoms. The van der Waals surface area contributed by atoms with Crippen molar-refractivity contribution in [2.45, 2.75) is 25.3 Å². The van der Waals surface area contributed by atoms with Crippen LogP contribution in [-0.4, -0.2) is 22.2 Å². The van der Waals surface area contributed by atoms with E-state index in [9.17, 15) is 4.79 Å². The number of aromatic nitrogens is 2. The lowest BCUT2D eigenvalue weighted by Crippen LogP contribution is -2.31. The fraction of sp³-hybridized carbons (Fsp3) is 0.429. The number of hydrogen-bond acceptors (Lipinski definition) is 3. The van der Waals surface area contributed by atoms with Gasteiger partial charge in [-0.2, -0.15) is 5.10 Å². The molecular formula is C14H17N3OS. The molecule has 0 aliphatic heterocycles. The van der Waals surface area contributed by atoms with Crippen LogP contribution in [0.25, 0.3) is 0 Å². The van der Waals surface area contributed by atoms with E-state index in [1.54, 1.807) is 17.5 Å². The minimum atomic E-state index is 0.0955. The van der Waals surface area contributed by atoms with Crippen molar-refractivity contribution in [2.75, 3.05) is 6.54 Å². The molecule has 2 aromatic heterocycles. The first-order valence-electron chi connectivity index (χ1n) is 6.62. The van der Waals surface area contributed by atoms with Gasteiger partial charge in [-0.05, 0) is 36.3 Å². The van der Waals surface area contributed by atoms with E-state index in [0.29, 0.717) is 18.9 Å². The summed E-state index contributed by atoms with van der Waals surface area (Å²) in [5.74, 6) is 0.793. The van der Waals surface area contributed by atoms with Gasteiger partial charge in [0.1, 0.15) is 6.04 Å². The Morgan fingerprint density at radius 1 is 1.53 bits per heavy atom. The van der Waals surface area contributed by atoms with E-state index < -0.39 is 0 Å². The van der Waals surface area contributed by atoms with Gasteiger partial charge in [-0.1, -0.05) is 6.07 Å². The second-order valence-electron chi connectivity index (χ2n) is 4.97. The van der Waals surface area contributed by atoms with Crippen molar-refractivity contribution in [2.24, 2.45) is 5.92 Å². The zero-order chi connectivity index (χ0) is 13.1. The van der Waals surface area contributed by atoms with Crippen LogP contribution < -0.4 is 5.32 Å². The highest BCUT2D eigenvalue weighted by atomic mass is 32.1. The standard InChI is InChI=1S/C14H17N3OS/c18-14(9-11-4-5-11)15-10-12(13-3-1-8-19-13)17-7-2-6-16-17/h1-3,6-8,11-12H,4-5,9-10H2,(H,15,18). The number of thiophene rings is 1. The molecule has 0 bridgehead atoms. The van der Waals surface area contributed by atoms with Gasteiger partial charge < -0.3 is 5.32 Å². The topological polar surface area (TPSA) is 46.9 Å². The van der Waals surface area contributed by atoms with Crippen molar-refractivity contribution in [1.82, 2.24) is 15.1 Å². The maximum Gasteiger partial charge on any atom is 0.220 e. The summed E-state index contributed by atoms with van der Waals surface area (Å²) in [7, 11) is 0. The fourth-order valence-corrected chi connectivity index (χ4v) is 2.96. The van der Waals surface area contributed by atoms with E-state index in [1.807, 2.05) is 23.0 Å². The molecule has 100 valence electrons. The second kappa shape index (κ2) is 5.57. The van der Waals surface area contributed by atoms with E-state index >= 15 is 0 Å². The van der Waals surface area contributed by atoms with Crippen molar-refractivity contribution >= 4 is 17.2 Å². The maximum absolute atomic E-state index is 11.8. The van der Waals surface area contributed by atoms with Crippen LogP contribution >= 0.6 is 11.3 Å². The van der Waals surface area contributed by atoms with E-state index in [4.69, 9.17) is 0 Å². The number of nitrogens with one attached hydrogen (secondary N) is 1. The Morgan fingerprint density at radius 2 is 2.42 bits per heavy atom. The van der Waals surface area contributed by atoms with Crippen LogP contribution in [-0.2, 0) is 4.79 Å². The number of amides is 1. The summed E-state index contributed by atoms with van der Waals surface area (Å²) < 4.78 is 1.91. The van der Waals surface area contributed by atoms with Gasteiger partial charge in [0.25, 0.3) is 0 Å². The maximum atomic E-state index is 11.8. The molecule has 1 fully saturated rings. The van der Waals surface area contributed by atoms with E-state index in [-0.39, 0.29) is 11.9 Å². The Bertz CT molecular complexity index is 483. The Labute approximate surface area is 116 Å². The van der Waals surface area contributed by atoms with Gasteiger partial charge in [-0.15, -0.1) is 11.3 Å². The molecule has 4 nitrogen and oxygen atoms in total. The van der Waals surface area contributed by atoms with E-state index in [2.05, 4.69) is 21.9 Å². The van der Waals surface area contributed by atoms with Gasteiger partial charge in [0.15, 0.2) is 0 Å². The highest BCUT2D eigenvalue weighted by Gasteiger charge is 2.25. The monoisotopic (exact) mass is 275 g/mol. The molecule has 1 atom stereocenters. The zero-order valence-corrected chi connectivity index (χ0v) is 11.5. The summed E-state index contributed by atoms with van der Waals surface area (Å²) in [5, 5.41) is 9.39. The molecule has 0 radical (unpaired) electrons. The van der Waals surface area contributed by atoms with Crippen molar-refractivity contribution in [3.05, 3.63) is 40.8 Å². The van der Waals surface area contributed by atoms with Gasteiger partial charge in [0, 0.05) is 30.2 Å². The molecule has 2 heterocycles. The van der Waals surface area contributed by atoms with Crippen molar-refractivity contribution in [3.8, 4) is 0 Å². The van der Waals surface area contributed by atoms with Crippen LogP contribution in [0.3, 0.4) is 0 Å². The smallest absolute Gasteiger partial charge is 0.220 e. The summed E-state index contributed by atoms with van der Waals surface area (Å²) in [6.45, 7) is 0.605. The quantitative estimate of drug-likeness (QED) is 0.880. The molecule has 1 unspecified atom stereocenters. The minimum absolute atomic E-state index is 0.0955. The number of carbonyl (C=O) groups is 1. The summed E-state index contributed by atoms with van der Waals surface area (Å²) in [6, 6.07) is 6.12. The van der Waals surface area contributed by atoms with Gasteiger partial charge in [-0.3, -0.25) is 9.48 Å². The SMILES string of the molecule is O=C(CC1CC1)NCC(c1cccs1)n1cccn1. The molecule has 5 heteroatoms.